The first kappa shape index (κ1) is 15.8. The van der Waals surface area contributed by atoms with Gasteiger partial charge in [0.15, 0.2) is 0 Å². The van der Waals surface area contributed by atoms with E-state index in [0.717, 1.165) is 25.7 Å². The molecule has 0 aromatic rings. The highest BCUT2D eigenvalue weighted by molar-refractivity contribution is 7.89. The van der Waals surface area contributed by atoms with Crippen LogP contribution in [0.3, 0.4) is 0 Å². The molecule has 2 rings (SSSR count). The summed E-state index contributed by atoms with van der Waals surface area (Å²) in [5, 5.41) is 3.01. The van der Waals surface area contributed by atoms with E-state index in [4.69, 9.17) is 0 Å². The zero-order valence-corrected chi connectivity index (χ0v) is 13.5. The quantitative estimate of drug-likeness (QED) is 0.859. The van der Waals surface area contributed by atoms with Crippen LogP contribution in [-0.4, -0.2) is 43.0 Å². The maximum Gasteiger partial charge on any atom is 0.228 e. The second-order valence-electron chi connectivity index (χ2n) is 6.32. The Balaban J connectivity index is 2.36. The standard InChI is InChI=1S/C14H26N2O3S/c1-4-16-12-7-5-6-8-14(12,9-10-20(16,18)19)13(17)15-11(2)3/h11-12H,4-10H2,1-3H3,(H,15,17)/t12-,14-/m1/s1. The van der Waals surface area contributed by atoms with Crippen LogP contribution in [0, 0.1) is 5.41 Å². The molecule has 0 radical (unpaired) electrons. The van der Waals surface area contributed by atoms with Crippen molar-refractivity contribution in [2.45, 2.75) is 65.0 Å². The minimum Gasteiger partial charge on any atom is -0.353 e. The highest BCUT2D eigenvalue weighted by Crippen LogP contribution is 2.46. The summed E-state index contributed by atoms with van der Waals surface area (Å²) in [5.41, 5.74) is -0.510. The summed E-state index contributed by atoms with van der Waals surface area (Å²) < 4.78 is 26.1. The molecule has 0 aromatic carbocycles. The van der Waals surface area contributed by atoms with Gasteiger partial charge in [-0.2, -0.15) is 4.31 Å². The topological polar surface area (TPSA) is 66.5 Å². The Morgan fingerprint density at radius 3 is 2.65 bits per heavy atom. The zero-order chi connectivity index (χ0) is 15.0. The molecule has 0 spiro atoms. The molecule has 2 fully saturated rings. The van der Waals surface area contributed by atoms with E-state index in [-0.39, 0.29) is 23.7 Å². The van der Waals surface area contributed by atoms with Gasteiger partial charge in [0.2, 0.25) is 15.9 Å². The summed E-state index contributed by atoms with van der Waals surface area (Å²) in [7, 11) is -3.19. The van der Waals surface area contributed by atoms with Crippen LogP contribution in [0.4, 0.5) is 0 Å². The number of carbonyl (C=O) groups is 1. The van der Waals surface area contributed by atoms with Crippen molar-refractivity contribution < 1.29 is 13.2 Å². The van der Waals surface area contributed by atoms with Crippen molar-refractivity contribution in [3.8, 4) is 0 Å². The monoisotopic (exact) mass is 302 g/mol. The van der Waals surface area contributed by atoms with Crippen LogP contribution in [0.5, 0.6) is 0 Å². The van der Waals surface area contributed by atoms with Crippen molar-refractivity contribution in [2.75, 3.05) is 12.3 Å². The highest BCUT2D eigenvalue weighted by Gasteiger charge is 2.54. The second-order valence-corrected chi connectivity index (χ2v) is 8.36. The highest BCUT2D eigenvalue weighted by atomic mass is 32.2. The third kappa shape index (κ3) is 2.60. The van der Waals surface area contributed by atoms with Gasteiger partial charge in [-0.1, -0.05) is 19.8 Å². The fourth-order valence-electron chi connectivity index (χ4n) is 3.76. The van der Waals surface area contributed by atoms with Crippen LogP contribution in [0.1, 0.15) is 52.9 Å². The van der Waals surface area contributed by atoms with Gasteiger partial charge in [-0.05, 0) is 33.1 Å². The summed E-state index contributed by atoms with van der Waals surface area (Å²) in [6.45, 7) is 6.22. The molecule has 1 heterocycles. The van der Waals surface area contributed by atoms with Crippen LogP contribution in [-0.2, 0) is 14.8 Å². The van der Waals surface area contributed by atoms with Crippen molar-refractivity contribution in [2.24, 2.45) is 5.41 Å². The van der Waals surface area contributed by atoms with E-state index in [1.54, 1.807) is 4.31 Å². The Hall–Kier alpha value is -0.620. The Kier molecular flexibility index (Phi) is 4.44. The zero-order valence-electron chi connectivity index (χ0n) is 12.7. The molecule has 0 aromatic heterocycles. The van der Waals surface area contributed by atoms with Gasteiger partial charge in [-0.15, -0.1) is 0 Å². The summed E-state index contributed by atoms with van der Waals surface area (Å²) >= 11 is 0. The Labute approximate surface area is 122 Å². The number of sulfonamides is 1. The Morgan fingerprint density at radius 2 is 2.05 bits per heavy atom. The van der Waals surface area contributed by atoms with E-state index in [9.17, 15) is 13.2 Å². The van der Waals surface area contributed by atoms with Crippen molar-refractivity contribution in [3.63, 3.8) is 0 Å². The number of hydrogen-bond donors (Lipinski definition) is 1. The van der Waals surface area contributed by atoms with Crippen LogP contribution in [0.15, 0.2) is 0 Å². The number of rotatable bonds is 3. The lowest BCUT2D eigenvalue weighted by Gasteiger charge is -2.50. The number of carbonyl (C=O) groups excluding carboxylic acids is 1. The Bertz CT molecular complexity index is 475. The number of amides is 1. The lowest BCUT2D eigenvalue weighted by Crippen LogP contribution is -2.63. The fraction of sp³-hybridized carbons (Fsp3) is 0.929. The molecule has 2 aliphatic rings. The number of hydrogen-bond acceptors (Lipinski definition) is 3. The van der Waals surface area contributed by atoms with Gasteiger partial charge in [0, 0.05) is 18.6 Å². The molecule has 2 atom stereocenters. The van der Waals surface area contributed by atoms with Gasteiger partial charge in [-0.3, -0.25) is 4.79 Å². The molecule has 1 N–H and O–H groups in total. The van der Waals surface area contributed by atoms with E-state index in [0.29, 0.717) is 13.0 Å². The van der Waals surface area contributed by atoms with Crippen LogP contribution in [0.25, 0.3) is 0 Å². The van der Waals surface area contributed by atoms with Gasteiger partial charge < -0.3 is 5.32 Å². The SMILES string of the molecule is CCN1[C@@H]2CCCC[C@@]2(C(=O)NC(C)C)CCS1(=O)=O. The molecule has 1 saturated heterocycles. The maximum absolute atomic E-state index is 12.7. The molecule has 1 aliphatic carbocycles. The molecule has 6 heteroatoms. The van der Waals surface area contributed by atoms with E-state index < -0.39 is 15.4 Å². The minimum atomic E-state index is -3.19. The second kappa shape index (κ2) is 5.64. The lowest BCUT2D eigenvalue weighted by molar-refractivity contribution is -0.138. The summed E-state index contributed by atoms with van der Waals surface area (Å²) in [4.78, 5) is 12.7. The van der Waals surface area contributed by atoms with Crippen LogP contribution < -0.4 is 5.32 Å². The lowest BCUT2D eigenvalue weighted by atomic mass is 9.67. The number of nitrogens with one attached hydrogen (secondary N) is 1. The average molecular weight is 302 g/mol. The molecule has 20 heavy (non-hydrogen) atoms. The Morgan fingerprint density at radius 1 is 1.35 bits per heavy atom. The van der Waals surface area contributed by atoms with Gasteiger partial charge >= 0.3 is 0 Å². The van der Waals surface area contributed by atoms with Crippen LogP contribution >= 0.6 is 0 Å². The smallest absolute Gasteiger partial charge is 0.228 e. The molecule has 1 amide bonds. The molecule has 5 nitrogen and oxygen atoms in total. The number of nitrogens with zero attached hydrogens (tertiary/aromatic N) is 1. The van der Waals surface area contributed by atoms with Gasteiger partial charge in [-0.25, -0.2) is 8.42 Å². The molecule has 0 bridgehead atoms. The summed E-state index contributed by atoms with van der Waals surface area (Å²) in [6.07, 6.45) is 4.10. The normalized spacial score (nSPS) is 33.7. The average Bonchev–Trinajstić information content (AvgIpc) is 2.37. The van der Waals surface area contributed by atoms with Gasteiger partial charge in [0.05, 0.1) is 11.2 Å². The predicted molar refractivity (Wildman–Crippen MR) is 78.8 cm³/mol. The fourth-order valence-corrected chi connectivity index (χ4v) is 5.70. The summed E-state index contributed by atoms with van der Waals surface area (Å²) in [6, 6.07) is -0.0631. The van der Waals surface area contributed by atoms with E-state index in [1.807, 2.05) is 20.8 Å². The largest absolute Gasteiger partial charge is 0.353 e. The molecular weight excluding hydrogens is 276 g/mol. The van der Waals surface area contributed by atoms with Crippen LogP contribution in [0.2, 0.25) is 0 Å². The van der Waals surface area contributed by atoms with Crippen molar-refractivity contribution in [3.05, 3.63) is 0 Å². The molecule has 0 unspecified atom stereocenters. The first-order valence-electron chi connectivity index (χ1n) is 7.64. The molecule has 116 valence electrons. The molecular formula is C14H26N2O3S. The molecule has 1 saturated carbocycles. The van der Waals surface area contributed by atoms with Crippen molar-refractivity contribution in [1.29, 1.82) is 0 Å². The van der Waals surface area contributed by atoms with Gasteiger partial charge in [0.25, 0.3) is 0 Å². The predicted octanol–water partition coefficient (Wildman–Crippen LogP) is 1.50. The third-order valence-electron chi connectivity index (χ3n) is 4.68. The molecule has 1 aliphatic heterocycles. The number of fused-ring (bicyclic) bond motifs is 1. The van der Waals surface area contributed by atoms with Crippen molar-refractivity contribution >= 4 is 15.9 Å². The first-order valence-corrected chi connectivity index (χ1v) is 9.25. The van der Waals surface area contributed by atoms with Crippen molar-refractivity contribution in [1.82, 2.24) is 9.62 Å². The maximum atomic E-state index is 12.7. The van der Waals surface area contributed by atoms with E-state index in [2.05, 4.69) is 5.32 Å². The van der Waals surface area contributed by atoms with Gasteiger partial charge in [0.1, 0.15) is 0 Å². The van der Waals surface area contributed by atoms with E-state index >= 15 is 0 Å². The minimum absolute atomic E-state index is 0.0468. The summed E-state index contributed by atoms with van der Waals surface area (Å²) in [5.74, 6) is 0.147. The first-order chi connectivity index (χ1) is 9.33. The van der Waals surface area contributed by atoms with E-state index in [1.165, 1.54) is 0 Å². The third-order valence-corrected chi connectivity index (χ3v) is 6.63.